The molecule has 2 N–H and O–H groups in total. The largest absolute Gasteiger partial charge is 0.458 e. The van der Waals surface area contributed by atoms with Gasteiger partial charge in [0.15, 0.2) is 0 Å². The summed E-state index contributed by atoms with van der Waals surface area (Å²) in [6.07, 6.45) is 5.75. The van der Waals surface area contributed by atoms with Gasteiger partial charge in [-0.05, 0) is 66.9 Å². The van der Waals surface area contributed by atoms with Crippen LogP contribution in [0.1, 0.15) is 46.0 Å². The molecular weight excluding hydrogens is 416 g/mol. The number of carbonyl (C=O) groups is 1. The number of hydrogen-bond donors (Lipinski definition) is 2. The lowest BCUT2D eigenvalue weighted by Crippen LogP contribution is -2.57. The maximum Gasteiger partial charge on any atom is 0.335 e. The average molecular weight is 449 g/mol. The normalized spacial score (nSPS) is 37.5. The number of thioether (sulfide) groups is 1. The van der Waals surface area contributed by atoms with Gasteiger partial charge in [-0.15, -0.1) is 23.1 Å². The lowest BCUT2D eigenvalue weighted by molar-refractivity contribution is -0.152. The summed E-state index contributed by atoms with van der Waals surface area (Å²) in [7, 11) is 0. The summed E-state index contributed by atoms with van der Waals surface area (Å²) in [5.74, 6) is 0.263. The van der Waals surface area contributed by atoms with Crippen LogP contribution < -0.4 is 0 Å². The predicted octanol–water partition coefficient (Wildman–Crippen LogP) is 4.82. The van der Waals surface area contributed by atoms with Crippen LogP contribution in [0.15, 0.2) is 45.5 Å². The number of rotatable bonds is 6. The van der Waals surface area contributed by atoms with Crippen LogP contribution >= 0.6 is 23.1 Å². The van der Waals surface area contributed by atoms with Crippen LogP contribution in [-0.4, -0.2) is 40.8 Å². The fraction of sp³-hybridized carbons (Fsp3) is 0.625. The molecule has 6 atom stereocenters. The summed E-state index contributed by atoms with van der Waals surface area (Å²) in [5.41, 5.74) is 1.47. The van der Waals surface area contributed by atoms with Crippen molar-refractivity contribution in [2.24, 2.45) is 22.7 Å². The van der Waals surface area contributed by atoms with Crippen molar-refractivity contribution in [1.82, 2.24) is 0 Å². The summed E-state index contributed by atoms with van der Waals surface area (Å²) in [6, 6.07) is 4.14. The zero-order chi connectivity index (χ0) is 21.5. The highest BCUT2D eigenvalue weighted by molar-refractivity contribution is 8.01. The highest BCUT2D eigenvalue weighted by atomic mass is 32.2. The first kappa shape index (κ1) is 22.1. The van der Waals surface area contributed by atoms with Crippen LogP contribution in [0.2, 0.25) is 0 Å². The molecule has 2 saturated carbocycles. The lowest BCUT2D eigenvalue weighted by Gasteiger charge is -2.60. The third-order valence-corrected chi connectivity index (χ3v) is 10.3. The van der Waals surface area contributed by atoms with E-state index in [4.69, 9.17) is 4.74 Å². The van der Waals surface area contributed by atoms with E-state index in [2.05, 4.69) is 24.9 Å². The summed E-state index contributed by atoms with van der Waals surface area (Å²) in [4.78, 5) is 12.4. The summed E-state index contributed by atoms with van der Waals surface area (Å²) < 4.78 is 6.45. The van der Waals surface area contributed by atoms with Gasteiger partial charge in [-0.25, -0.2) is 4.79 Å². The molecule has 0 bridgehead atoms. The molecule has 2 fully saturated rings. The molecule has 0 unspecified atom stereocenters. The van der Waals surface area contributed by atoms with Crippen LogP contribution in [0.5, 0.6) is 0 Å². The molecule has 0 saturated heterocycles. The van der Waals surface area contributed by atoms with Crippen molar-refractivity contribution in [1.29, 1.82) is 0 Å². The van der Waals surface area contributed by atoms with Gasteiger partial charge in [0.25, 0.3) is 0 Å². The molecule has 30 heavy (non-hydrogen) atoms. The topological polar surface area (TPSA) is 66.8 Å². The first-order chi connectivity index (χ1) is 14.3. The second-order valence-corrected chi connectivity index (χ2v) is 12.0. The Morgan fingerprint density at radius 2 is 2.20 bits per heavy atom. The Morgan fingerprint density at radius 1 is 1.40 bits per heavy atom. The summed E-state index contributed by atoms with van der Waals surface area (Å²) in [5, 5.41) is 23.0. The number of hydrogen-bond acceptors (Lipinski definition) is 6. The number of allylic oxidation sites excluding steroid dienone is 1. The lowest BCUT2D eigenvalue weighted by atomic mass is 9.46. The van der Waals surface area contributed by atoms with E-state index >= 15 is 0 Å². The average Bonchev–Trinajstić information content (AvgIpc) is 3.38. The smallest absolute Gasteiger partial charge is 0.335 e. The molecule has 6 heteroatoms. The molecule has 4 rings (SSSR count). The molecule has 0 spiro atoms. The maximum atomic E-state index is 12.4. The van der Waals surface area contributed by atoms with Crippen LogP contribution in [0, 0.1) is 22.7 Å². The Kier molecular flexibility index (Phi) is 6.24. The van der Waals surface area contributed by atoms with E-state index in [-0.39, 0.29) is 35.1 Å². The minimum atomic E-state index is -0.492. The maximum absolute atomic E-state index is 12.4. The molecule has 2 heterocycles. The van der Waals surface area contributed by atoms with Gasteiger partial charge in [-0.3, -0.25) is 0 Å². The predicted molar refractivity (Wildman–Crippen MR) is 122 cm³/mol. The van der Waals surface area contributed by atoms with Crippen LogP contribution in [0.3, 0.4) is 0 Å². The molecule has 164 valence electrons. The second-order valence-electron chi connectivity index (χ2n) is 9.56. The van der Waals surface area contributed by atoms with E-state index in [0.29, 0.717) is 13.0 Å². The Bertz CT molecular complexity index is 832. The molecule has 1 aromatic rings. The number of cyclic esters (lactones) is 1. The van der Waals surface area contributed by atoms with E-state index in [9.17, 15) is 15.0 Å². The number of aliphatic hydroxyl groups is 2. The van der Waals surface area contributed by atoms with Crippen molar-refractivity contribution in [2.75, 3.05) is 13.2 Å². The number of carbonyl (C=O) groups excluding carboxylic acids is 1. The van der Waals surface area contributed by atoms with Gasteiger partial charge in [0.2, 0.25) is 0 Å². The van der Waals surface area contributed by atoms with E-state index in [0.717, 1.165) is 31.3 Å². The van der Waals surface area contributed by atoms with Gasteiger partial charge in [-0.1, -0.05) is 32.1 Å². The van der Waals surface area contributed by atoms with Gasteiger partial charge in [0, 0.05) is 16.2 Å². The zero-order valence-corrected chi connectivity index (χ0v) is 19.4. The molecule has 2 aliphatic carbocycles. The summed E-state index contributed by atoms with van der Waals surface area (Å²) in [6.45, 7) is 9.17. The molecule has 0 aromatic carbocycles. The Balaban J connectivity index is 1.66. The third-order valence-electron chi connectivity index (χ3n) is 8.00. The van der Waals surface area contributed by atoms with Crippen LogP contribution in [-0.2, 0) is 9.53 Å². The van der Waals surface area contributed by atoms with Crippen molar-refractivity contribution in [3.63, 3.8) is 0 Å². The molecular formula is C24H32O4S2. The van der Waals surface area contributed by atoms with Crippen molar-refractivity contribution in [2.45, 2.75) is 61.5 Å². The van der Waals surface area contributed by atoms with Gasteiger partial charge < -0.3 is 14.9 Å². The third kappa shape index (κ3) is 3.70. The number of esters is 1. The van der Waals surface area contributed by atoms with Gasteiger partial charge >= 0.3 is 5.97 Å². The molecule has 3 aliphatic rings. The Labute approximate surface area is 187 Å². The van der Waals surface area contributed by atoms with Crippen molar-refractivity contribution >= 4 is 29.1 Å². The van der Waals surface area contributed by atoms with E-state index in [1.54, 1.807) is 23.1 Å². The highest BCUT2D eigenvalue weighted by Crippen LogP contribution is 2.62. The molecule has 0 radical (unpaired) electrons. The van der Waals surface area contributed by atoms with Crippen molar-refractivity contribution in [3.8, 4) is 0 Å². The van der Waals surface area contributed by atoms with Gasteiger partial charge in [-0.2, -0.15) is 0 Å². The van der Waals surface area contributed by atoms with E-state index < -0.39 is 11.5 Å². The Morgan fingerprint density at radius 3 is 2.83 bits per heavy atom. The summed E-state index contributed by atoms with van der Waals surface area (Å²) >= 11 is 3.44. The SMILES string of the molecule is C=C1CC[C@@H]2[C@](C)(CO)[C@H](O)CC[C@@]2(C)[C@@H]1C[C@H](Sc1cccs1)C1=CCOC1=O. The molecule has 0 amide bonds. The van der Waals surface area contributed by atoms with E-state index in [1.165, 1.54) is 9.78 Å². The number of fused-ring (bicyclic) bond motifs is 1. The fourth-order valence-corrected chi connectivity index (χ4v) is 8.43. The number of thiophene rings is 1. The highest BCUT2D eigenvalue weighted by Gasteiger charge is 2.58. The van der Waals surface area contributed by atoms with Crippen LogP contribution in [0.25, 0.3) is 0 Å². The fourth-order valence-electron chi connectivity index (χ4n) is 6.20. The first-order valence-electron chi connectivity index (χ1n) is 10.8. The molecule has 4 nitrogen and oxygen atoms in total. The molecule has 1 aliphatic heterocycles. The quantitative estimate of drug-likeness (QED) is 0.371. The second kappa shape index (κ2) is 8.45. The van der Waals surface area contributed by atoms with Gasteiger partial charge in [0.1, 0.15) is 6.61 Å². The first-order valence-corrected chi connectivity index (χ1v) is 12.6. The number of aliphatic hydroxyl groups excluding tert-OH is 2. The monoisotopic (exact) mass is 448 g/mol. The zero-order valence-electron chi connectivity index (χ0n) is 17.8. The Hall–Kier alpha value is -1.08. The minimum Gasteiger partial charge on any atom is -0.458 e. The van der Waals surface area contributed by atoms with E-state index in [1.807, 2.05) is 19.1 Å². The van der Waals surface area contributed by atoms with Crippen molar-refractivity contribution < 1.29 is 19.7 Å². The minimum absolute atomic E-state index is 0.00152. The number of ether oxygens (including phenoxy) is 1. The van der Waals surface area contributed by atoms with Crippen molar-refractivity contribution in [3.05, 3.63) is 41.3 Å². The standard InChI is InChI=1S/C24H32O4S2/c1-15-6-7-19-23(2,10-8-20(26)24(19,3)14-25)17(15)13-18(16-9-11-28-22(16)27)30-21-5-4-12-29-21/h4-5,9,12,17-20,25-26H,1,6-8,10-11,13-14H2,2-3H3/t17-,18+,19+,20-,23+,24+/m1/s1. The van der Waals surface area contributed by atoms with Crippen LogP contribution in [0.4, 0.5) is 0 Å². The molecule has 1 aromatic heterocycles. The van der Waals surface area contributed by atoms with Gasteiger partial charge in [0.05, 0.1) is 16.9 Å².